The number of anilines is 1. The number of amides is 1. The third-order valence-corrected chi connectivity index (χ3v) is 3.75. The van der Waals surface area contributed by atoms with Gasteiger partial charge in [0, 0.05) is 11.3 Å². The molecule has 0 aliphatic carbocycles. The lowest BCUT2D eigenvalue weighted by Gasteiger charge is -2.16. The second-order valence-electron chi connectivity index (χ2n) is 5.65. The molecule has 6 nitrogen and oxygen atoms in total. The largest absolute Gasteiger partial charge is 0.488 e. The number of para-hydroxylation sites is 1. The number of esters is 1. The lowest BCUT2D eigenvalue weighted by molar-refractivity contribution is -0.143. The molecule has 3 rings (SSSR count). The van der Waals surface area contributed by atoms with Gasteiger partial charge in [-0.3, -0.25) is 4.79 Å². The fraction of sp³-hybridized carbons (Fsp3) is 0.150. The monoisotopic (exact) mass is 348 g/mol. The molecule has 0 radical (unpaired) electrons. The molecule has 1 aliphatic heterocycles. The molecular formula is C20H16N2O4. The van der Waals surface area contributed by atoms with Gasteiger partial charge in [0.25, 0.3) is 5.91 Å². The van der Waals surface area contributed by atoms with Crippen LogP contribution in [0.25, 0.3) is 6.08 Å². The van der Waals surface area contributed by atoms with Gasteiger partial charge in [-0.15, -0.1) is 0 Å². The number of nitrogens with one attached hydrogen (secondary N) is 1. The second kappa shape index (κ2) is 7.99. The summed E-state index contributed by atoms with van der Waals surface area (Å²) < 4.78 is 10.5. The lowest BCUT2D eigenvalue weighted by atomic mass is 10.1. The number of hydrogen-bond donors (Lipinski definition) is 1. The van der Waals surface area contributed by atoms with Gasteiger partial charge in [0.15, 0.2) is 6.61 Å². The molecule has 2 aromatic carbocycles. The highest BCUT2D eigenvalue weighted by Gasteiger charge is 2.19. The van der Waals surface area contributed by atoms with Crippen LogP contribution in [0.5, 0.6) is 5.75 Å². The van der Waals surface area contributed by atoms with Crippen LogP contribution in [0, 0.1) is 11.3 Å². The quantitative estimate of drug-likeness (QED) is 0.839. The van der Waals surface area contributed by atoms with Gasteiger partial charge in [-0.2, -0.15) is 5.26 Å². The van der Waals surface area contributed by atoms with Gasteiger partial charge in [0.2, 0.25) is 0 Å². The first-order valence-electron chi connectivity index (χ1n) is 8.01. The van der Waals surface area contributed by atoms with Gasteiger partial charge >= 0.3 is 5.97 Å². The van der Waals surface area contributed by atoms with Gasteiger partial charge in [-0.05, 0) is 29.8 Å². The minimum Gasteiger partial charge on any atom is -0.488 e. The first-order chi connectivity index (χ1) is 12.7. The van der Waals surface area contributed by atoms with E-state index in [1.165, 1.54) is 0 Å². The number of hydrogen-bond acceptors (Lipinski definition) is 5. The van der Waals surface area contributed by atoms with Crippen molar-refractivity contribution in [1.29, 1.82) is 5.26 Å². The van der Waals surface area contributed by atoms with E-state index in [0.717, 1.165) is 11.1 Å². The van der Waals surface area contributed by atoms with Gasteiger partial charge < -0.3 is 14.8 Å². The minimum atomic E-state index is -0.584. The van der Waals surface area contributed by atoms with Crippen molar-refractivity contribution in [2.45, 2.75) is 6.42 Å². The molecule has 26 heavy (non-hydrogen) atoms. The van der Waals surface area contributed by atoms with Crippen molar-refractivity contribution in [3.8, 4) is 11.8 Å². The number of carbonyl (C=O) groups is 2. The van der Waals surface area contributed by atoms with Crippen LogP contribution >= 0.6 is 0 Å². The van der Waals surface area contributed by atoms with E-state index in [-0.39, 0.29) is 6.61 Å². The third kappa shape index (κ3) is 4.28. The molecule has 0 unspecified atom stereocenters. The Morgan fingerprint density at radius 3 is 2.69 bits per heavy atom. The van der Waals surface area contributed by atoms with E-state index in [2.05, 4.69) is 11.4 Å². The van der Waals surface area contributed by atoms with Crippen LogP contribution in [0.15, 0.2) is 54.1 Å². The van der Waals surface area contributed by atoms with Crippen LogP contribution < -0.4 is 10.1 Å². The summed E-state index contributed by atoms with van der Waals surface area (Å²) in [6.07, 6.45) is 2.01. The highest BCUT2D eigenvalue weighted by molar-refractivity contribution is 5.98. The van der Waals surface area contributed by atoms with Crippen LogP contribution in [-0.2, 0) is 20.7 Å². The Labute approximate surface area is 150 Å². The van der Waals surface area contributed by atoms with E-state index in [4.69, 9.17) is 14.7 Å². The molecule has 0 spiro atoms. The van der Waals surface area contributed by atoms with E-state index >= 15 is 0 Å². The molecule has 0 fully saturated rings. The van der Waals surface area contributed by atoms with Crippen molar-refractivity contribution in [3.63, 3.8) is 0 Å². The maximum atomic E-state index is 12.1. The number of nitriles is 1. The molecule has 0 atom stereocenters. The van der Waals surface area contributed by atoms with E-state index in [0.29, 0.717) is 23.4 Å². The summed E-state index contributed by atoms with van der Waals surface area (Å²) in [7, 11) is 0. The molecule has 2 aromatic rings. The summed E-state index contributed by atoms with van der Waals surface area (Å²) in [6, 6.07) is 16.3. The smallest absolute Gasteiger partial charge is 0.338 e. The first-order valence-corrected chi connectivity index (χ1v) is 8.01. The zero-order chi connectivity index (χ0) is 18.4. The molecule has 1 N–H and O–H groups in total. The zero-order valence-electron chi connectivity index (χ0n) is 13.9. The Morgan fingerprint density at radius 1 is 1.15 bits per heavy atom. The molecular weight excluding hydrogens is 332 g/mol. The van der Waals surface area contributed by atoms with Crippen molar-refractivity contribution in [2.24, 2.45) is 0 Å². The predicted octanol–water partition coefficient (Wildman–Crippen LogP) is 2.71. The standard InChI is InChI=1S/C20H16N2O4/c21-10-9-14-5-7-17(8-6-14)22-19(23)13-26-20(24)16-11-15-3-1-2-4-18(15)25-12-16/h1-8,11H,9,12-13H2,(H,22,23). The van der Waals surface area contributed by atoms with Gasteiger partial charge in [-0.25, -0.2) is 4.79 Å². The molecule has 1 heterocycles. The Hall–Kier alpha value is -3.59. The molecule has 6 heteroatoms. The number of nitrogens with zero attached hydrogens (tertiary/aromatic N) is 1. The predicted molar refractivity (Wildman–Crippen MR) is 95.3 cm³/mol. The van der Waals surface area contributed by atoms with Gasteiger partial charge in [0.1, 0.15) is 12.4 Å². The average molecular weight is 348 g/mol. The maximum absolute atomic E-state index is 12.1. The maximum Gasteiger partial charge on any atom is 0.338 e. The summed E-state index contributed by atoms with van der Waals surface area (Å²) >= 11 is 0. The summed E-state index contributed by atoms with van der Waals surface area (Å²) in [6.45, 7) is -0.282. The van der Waals surface area contributed by atoms with E-state index in [1.54, 1.807) is 30.3 Å². The van der Waals surface area contributed by atoms with Gasteiger partial charge in [0.05, 0.1) is 18.1 Å². The minimum absolute atomic E-state index is 0.109. The number of ether oxygens (including phenoxy) is 2. The normalized spacial score (nSPS) is 12.0. The molecule has 0 aromatic heterocycles. The first kappa shape index (κ1) is 17.2. The average Bonchev–Trinajstić information content (AvgIpc) is 2.67. The van der Waals surface area contributed by atoms with E-state index in [9.17, 15) is 9.59 Å². The van der Waals surface area contributed by atoms with Crippen LogP contribution in [0.2, 0.25) is 0 Å². The van der Waals surface area contributed by atoms with Gasteiger partial charge in [-0.1, -0.05) is 30.3 Å². The fourth-order valence-corrected chi connectivity index (χ4v) is 2.45. The Bertz CT molecular complexity index is 895. The molecule has 130 valence electrons. The van der Waals surface area contributed by atoms with Crippen molar-refractivity contribution >= 4 is 23.6 Å². The highest BCUT2D eigenvalue weighted by Crippen LogP contribution is 2.26. The van der Waals surface area contributed by atoms with E-state index in [1.807, 2.05) is 24.3 Å². The molecule has 0 saturated heterocycles. The Kier molecular flexibility index (Phi) is 5.30. The zero-order valence-corrected chi connectivity index (χ0v) is 13.9. The SMILES string of the molecule is N#CCc1ccc(NC(=O)COC(=O)C2=Cc3ccccc3OC2)cc1. The summed E-state index contributed by atoms with van der Waals surface area (Å²) in [5.74, 6) is -0.315. The van der Waals surface area contributed by atoms with Crippen molar-refractivity contribution < 1.29 is 19.1 Å². The number of benzene rings is 2. The van der Waals surface area contributed by atoms with E-state index < -0.39 is 18.5 Å². The van der Waals surface area contributed by atoms with Crippen LogP contribution in [-0.4, -0.2) is 25.1 Å². The number of carbonyl (C=O) groups excluding carboxylic acids is 2. The highest BCUT2D eigenvalue weighted by atomic mass is 16.5. The molecule has 0 bridgehead atoms. The molecule has 0 saturated carbocycles. The fourth-order valence-electron chi connectivity index (χ4n) is 2.45. The lowest BCUT2D eigenvalue weighted by Crippen LogP contribution is -2.23. The van der Waals surface area contributed by atoms with Crippen molar-refractivity contribution in [2.75, 3.05) is 18.5 Å². The van der Waals surface area contributed by atoms with Crippen LogP contribution in [0.1, 0.15) is 11.1 Å². The van der Waals surface area contributed by atoms with Crippen LogP contribution in [0.3, 0.4) is 0 Å². The number of rotatable bonds is 5. The van der Waals surface area contributed by atoms with Crippen molar-refractivity contribution in [3.05, 3.63) is 65.2 Å². The molecule has 1 amide bonds. The third-order valence-electron chi connectivity index (χ3n) is 3.75. The number of fused-ring (bicyclic) bond motifs is 1. The summed E-state index contributed by atoms with van der Waals surface area (Å²) in [5, 5.41) is 11.3. The topological polar surface area (TPSA) is 88.4 Å². The Morgan fingerprint density at radius 2 is 1.92 bits per heavy atom. The van der Waals surface area contributed by atoms with Crippen molar-refractivity contribution in [1.82, 2.24) is 0 Å². The molecule has 1 aliphatic rings. The Balaban J connectivity index is 1.52. The summed E-state index contributed by atoms with van der Waals surface area (Å²) in [4.78, 5) is 24.0. The van der Waals surface area contributed by atoms with Crippen LogP contribution in [0.4, 0.5) is 5.69 Å². The summed E-state index contributed by atoms with van der Waals surface area (Å²) in [5.41, 5.74) is 2.59. The second-order valence-corrected chi connectivity index (χ2v) is 5.65.